The Kier molecular flexibility index (Phi) is 5.28. The molecule has 0 unspecified atom stereocenters. The van der Waals surface area contributed by atoms with Crippen molar-refractivity contribution in [3.63, 3.8) is 0 Å². The van der Waals surface area contributed by atoms with Crippen molar-refractivity contribution in [1.82, 2.24) is 4.90 Å². The molecular weight excluding hydrogens is 316 g/mol. The summed E-state index contributed by atoms with van der Waals surface area (Å²) >= 11 is 6.28. The molecule has 1 atom stereocenters. The van der Waals surface area contributed by atoms with Crippen molar-refractivity contribution in [2.45, 2.75) is 50.7 Å². The Morgan fingerprint density at radius 1 is 1.30 bits per heavy atom. The summed E-state index contributed by atoms with van der Waals surface area (Å²) in [5.41, 5.74) is 0.641. The Morgan fingerprint density at radius 2 is 2.09 bits per heavy atom. The van der Waals surface area contributed by atoms with E-state index in [4.69, 9.17) is 16.3 Å². The molecule has 6 heteroatoms. The molecule has 0 spiro atoms. The smallest absolute Gasteiger partial charge is 0.322 e. The SMILES string of the molecule is O=C(Nc1ccc(OC2CCCC2)c(Cl)c1)N1CCC[C@@H]1CO. The molecule has 2 N–H and O–H groups in total. The van der Waals surface area contributed by atoms with Gasteiger partial charge in [-0.15, -0.1) is 0 Å². The number of urea groups is 1. The van der Waals surface area contributed by atoms with Crippen LogP contribution in [0.2, 0.25) is 5.02 Å². The van der Waals surface area contributed by atoms with Crippen molar-refractivity contribution in [3.8, 4) is 5.75 Å². The average molecular weight is 339 g/mol. The highest BCUT2D eigenvalue weighted by atomic mass is 35.5. The van der Waals surface area contributed by atoms with E-state index in [0.717, 1.165) is 25.7 Å². The fourth-order valence-corrected chi connectivity index (χ4v) is 3.57. The van der Waals surface area contributed by atoms with Crippen LogP contribution in [0.5, 0.6) is 5.75 Å². The molecule has 126 valence electrons. The van der Waals surface area contributed by atoms with Crippen LogP contribution in [0.15, 0.2) is 18.2 Å². The molecule has 2 fully saturated rings. The summed E-state index contributed by atoms with van der Waals surface area (Å²) in [6, 6.07) is 5.05. The van der Waals surface area contributed by atoms with E-state index < -0.39 is 0 Å². The van der Waals surface area contributed by atoms with Crippen molar-refractivity contribution in [2.24, 2.45) is 0 Å². The van der Waals surface area contributed by atoms with Gasteiger partial charge in [-0.1, -0.05) is 11.6 Å². The Morgan fingerprint density at radius 3 is 2.78 bits per heavy atom. The molecule has 2 amide bonds. The third-order valence-electron chi connectivity index (χ3n) is 4.63. The van der Waals surface area contributed by atoms with E-state index >= 15 is 0 Å². The number of carbonyl (C=O) groups is 1. The largest absolute Gasteiger partial charge is 0.489 e. The van der Waals surface area contributed by atoms with Gasteiger partial charge in [0.15, 0.2) is 0 Å². The van der Waals surface area contributed by atoms with Gasteiger partial charge in [0, 0.05) is 12.2 Å². The second kappa shape index (κ2) is 7.41. The van der Waals surface area contributed by atoms with Gasteiger partial charge in [-0.25, -0.2) is 4.79 Å². The number of ether oxygens (including phenoxy) is 1. The minimum Gasteiger partial charge on any atom is -0.489 e. The molecule has 0 radical (unpaired) electrons. The summed E-state index contributed by atoms with van der Waals surface area (Å²) in [6.45, 7) is 0.677. The van der Waals surface area contributed by atoms with Crippen molar-refractivity contribution in [2.75, 3.05) is 18.5 Å². The number of aliphatic hydroxyl groups is 1. The molecule has 1 aromatic rings. The van der Waals surface area contributed by atoms with E-state index in [0.29, 0.717) is 23.0 Å². The molecule has 0 bridgehead atoms. The average Bonchev–Trinajstić information content (AvgIpc) is 3.20. The maximum absolute atomic E-state index is 12.3. The molecule has 1 aromatic carbocycles. The molecule has 1 saturated carbocycles. The number of hydrogen-bond donors (Lipinski definition) is 2. The van der Waals surface area contributed by atoms with Crippen LogP contribution in [0.1, 0.15) is 38.5 Å². The first-order chi connectivity index (χ1) is 11.2. The van der Waals surface area contributed by atoms with Crippen LogP contribution in [0.3, 0.4) is 0 Å². The second-order valence-electron chi connectivity index (χ2n) is 6.27. The molecule has 23 heavy (non-hydrogen) atoms. The predicted octanol–water partition coefficient (Wildman–Crippen LogP) is 3.65. The third kappa shape index (κ3) is 3.90. The topological polar surface area (TPSA) is 61.8 Å². The highest BCUT2D eigenvalue weighted by Gasteiger charge is 2.28. The van der Waals surface area contributed by atoms with Crippen LogP contribution < -0.4 is 10.1 Å². The Labute approximate surface area is 141 Å². The van der Waals surface area contributed by atoms with Gasteiger partial charge in [0.05, 0.1) is 23.8 Å². The number of hydrogen-bond acceptors (Lipinski definition) is 3. The lowest BCUT2D eigenvalue weighted by Gasteiger charge is -2.23. The fraction of sp³-hybridized carbons (Fsp3) is 0.588. The number of carbonyl (C=O) groups excluding carboxylic acids is 1. The maximum Gasteiger partial charge on any atom is 0.322 e. The molecule has 0 aromatic heterocycles. The van der Waals surface area contributed by atoms with E-state index in [1.807, 2.05) is 6.07 Å². The lowest BCUT2D eigenvalue weighted by atomic mass is 10.2. The van der Waals surface area contributed by atoms with E-state index in [2.05, 4.69) is 5.32 Å². The summed E-state index contributed by atoms with van der Waals surface area (Å²) in [7, 11) is 0. The van der Waals surface area contributed by atoms with Crippen molar-refractivity contribution in [1.29, 1.82) is 0 Å². The van der Waals surface area contributed by atoms with Crippen molar-refractivity contribution < 1.29 is 14.6 Å². The molecular formula is C17H23ClN2O3. The second-order valence-corrected chi connectivity index (χ2v) is 6.68. The number of aliphatic hydroxyl groups excluding tert-OH is 1. The van der Waals surface area contributed by atoms with Crippen LogP contribution in [0, 0.1) is 0 Å². The van der Waals surface area contributed by atoms with E-state index in [-0.39, 0.29) is 24.8 Å². The van der Waals surface area contributed by atoms with Crippen LogP contribution >= 0.6 is 11.6 Å². The number of benzene rings is 1. The first-order valence-electron chi connectivity index (χ1n) is 8.32. The summed E-state index contributed by atoms with van der Waals surface area (Å²) in [5.74, 6) is 0.672. The molecule has 1 aliphatic heterocycles. The zero-order chi connectivity index (χ0) is 16.2. The van der Waals surface area contributed by atoms with Gasteiger partial charge in [-0.05, 0) is 56.7 Å². The van der Waals surface area contributed by atoms with Crippen molar-refractivity contribution in [3.05, 3.63) is 23.2 Å². The van der Waals surface area contributed by atoms with Crippen LogP contribution in [0.25, 0.3) is 0 Å². The Balaban J connectivity index is 1.62. The van der Waals surface area contributed by atoms with E-state index in [9.17, 15) is 9.90 Å². The molecule has 1 aliphatic carbocycles. The summed E-state index contributed by atoms with van der Waals surface area (Å²) < 4.78 is 5.91. The zero-order valence-corrected chi connectivity index (χ0v) is 13.9. The minimum absolute atomic E-state index is 0.00232. The molecule has 5 nitrogen and oxygen atoms in total. The van der Waals surface area contributed by atoms with Gasteiger partial charge in [-0.3, -0.25) is 0 Å². The van der Waals surface area contributed by atoms with Gasteiger partial charge in [-0.2, -0.15) is 0 Å². The lowest BCUT2D eigenvalue weighted by Crippen LogP contribution is -2.40. The number of anilines is 1. The predicted molar refractivity (Wildman–Crippen MR) is 90.2 cm³/mol. The van der Waals surface area contributed by atoms with E-state index in [1.54, 1.807) is 17.0 Å². The number of amides is 2. The van der Waals surface area contributed by atoms with Crippen LogP contribution in [-0.2, 0) is 0 Å². The number of nitrogens with zero attached hydrogens (tertiary/aromatic N) is 1. The minimum atomic E-state index is -0.193. The molecule has 2 aliphatic rings. The van der Waals surface area contributed by atoms with Gasteiger partial charge >= 0.3 is 6.03 Å². The third-order valence-corrected chi connectivity index (χ3v) is 4.92. The summed E-state index contributed by atoms with van der Waals surface area (Å²) in [4.78, 5) is 14.0. The number of rotatable bonds is 4. The lowest BCUT2D eigenvalue weighted by molar-refractivity contribution is 0.166. The van der Waals surface area contributed by atoms with Crippen LogP contribution in [0.4, 0.5) is 10.5 Å². The number of nitrogens with one attached hydrogen (secondary N) is 1. The van der Waals surface area contributed by atoms with Gasteiger partial charge in [0.1, 0.15) is 5.75 Å². The quantitative estimate of drug-likeness (QED) is 0.880. The van der Waals surface area contributed by atoms with Crippen LogP contribution in [-0.4, -0.2) is 41.3 Å². The Bertz CT molecular complexity index is 561. The summed E-state index contributed by atoms with van der Waals surface area (Å²) in [5, 5.41) is 12.7. The highest BCUT2D eigenvalue weighted by molar-refractivity contribution is 6.32. The fourth-order valence-electron chi connectivity index (χ4n) is 3.35. The molecule has 1 saturated heterocycles. The normalized spacial score (nSPS) is 21.7. The molecule has 3 rings (SSSR count). The maximum atomic E-state index is 12.3. The van der Waals surface area contributed by atoms with Gasteiger partial charge in [0.2, 0.25) is 0 Å². The van der Waals surface area contributed by atoms with E-state index in [1.165, 1.54) is 12.8 Å². The standard InChI is InChI=1S/C17H23ClN2O3/c18-15-10-12(7-8-16(15)23-14-5-1-2-6-14)19-17(22)20-9-3-4-13(20)11-21/h7-8,10,13-14,21H,1-6,9,11H2,(H,19,22)/t13-/m1/s1. The first kappa shape index (κ1) is 16.4. The highest BCUT2D eigenvalue weighted by Crippen LogP contribution is 2.32. The summed E-state index contributed by atoms with van der Waals surface area (Å²) in [6.07, 6.45) is 6.59. The monoisotopic (exact) mass is 338 g/mol. The Hall–Kier alpha value is -1.46. The van der Waals surface area contributed by atoms with Gasteiger partial charge < -0.3 is 20.1 Å². The van der Waals surface area contributed by atoms with Gasteiger partial charge in [0.25, 0.3) is 0 Å². The van der Waals surface area contributed by atoms with Crippen molar-refractivity contribution >= 4 is 23.3 Å². The first-order valence-corrected chi connectivity index (χ1v) is 8.70. The molecule has 1 heterocycles. The number of halogens is 1. The zero-order valence-electron chi connectivity index (χ0n) is 13.1. The number of likely N-dealkylation sites (tertiary alicyclic amines) is 1.